The van der Waals surface area contributed by atoms with Crippen molar-refractivity contribution in [1.82, 2.24) is 0 Å². The Hall–Kier alpha value is -0.820. The molecule has 0 spiro atoms. The molecule has 0 aromatic rings. The number of hydrogen-bond donors (Lipinski definition) is 1. The van der Waals surface area contributed by atoms with Crippen LogP contribution >= 0.6 is 0 Å². The summed E-state index contributed by atoms with van der Waals surface area (Å²) in [5, 5.41) is 8.51. The molecule has 0 radical (unpaired) electrons. The molecule has 180 valence electrons. The van der Waals surface area contributed by atoms with Gasteiger partial charge >= 0.3 is 5.97 Å². The Morgan fingerprint density at radius 3 is 1.33 bits per heavy atom. The molecular weight excluding hydrogens is 420 g/mol. The van der Waals surface area contributed by atoms with Crippen LogP contribution in [0.25, 0.3) is 0 Å². The first-order chi connectivity index (χ1) is 14.4. The molecular formula is C19H38O10S. The number of sulfone groups is 1. The Morgan fingerprint density at radius 2 is 0.967 bits per heavy atom. The zero-order valence-electron chi connectivity index (χ0n) is 18.1. The Balaban J connectivity index is 3.06. The van der Waals surface area contributed by atoms with E-state index in [1.165, 1.54) is 6.26 Å². The molecule has 0 saturated heterocycles. The van der Waals surface area contributed by atoms with Gasteiger partial charge in [0.05, 0.1) is 78.4 Å². The lowest BCUT2D eigenvalue weighted by Crippen LogP contribution is -2.15. The van der Waals surface area contributed by atoms with Gasteiger partial charge in [0.15, 0.2) is 0 Å². The maximum absolute atomic E-state index is 10.9. The molecule has 0 saturated carbocycles. The van der Waals surface area contributed by atoms with Gasteiger partial charge in [-0.2, -0.15) is 0 Å². The Kier molecular flexibility index (Phi) is 20.8. The van der Waals surface area contributed by atoms with E-state index >= 15 is 0 Å². The first-order valence-corrected chi connectivity index (χ1v) is 12.3. The topological polar surface area (TPSA) is 127 Å². The predicted octanol–water partition coefficient (Wildman–Crippen LogP) is 0.776. The highest BCUT2D eigenvalue weighted by Crippen LogP contribution is 1.99. The number of hydrogen-bond acceptors (Lipinski definition) is 9. The summed E-state index contributed by atoms with van der Waals surface area (Å²) in [6.07, 6.45) is 3.80. The number of rotatable bonds is 24. The van der Waals surface area contributed by atoms with Crippen molar-refractivity contribution in [3.63, 3.8) is 0 Å². The van der Waals surface area contributed by atoms with Crippen LogP contribution in [0.3, 0.4) is 0 Å². The summed E-state index contributed by atoms with van der Waals surface area (Å²) < 4.78 is 53.7. The van der Waals surface area contributed by atoms with Crippen molar-refractivity contribution in [3.8, 4) is 0 Å². The van der Waals surface area contributed by atoms with E-state index in [1.807, 2.05) is 0 Å². The van der Waals surface area contributed by atoms with Crippen LogP contribution in [0.2, 0.25) is 0 Å². The van der Waals surface area contributed by atoms with E-state index in [-0.39, 0.29) is 18.8 Å². The molecule has 0 aliphatic heterocycles. The number of aliphatic carboxylic acids is 1. The van der Waals surface area contributed by atoms with Crippen LogP contribution in [-0.2, 0) is 43.1 Å². The van der Waals surface area contributed by atoms with Crippen LogP contribution in [0.15, 0.2) is 0 Å². The normalized spacial score (nSPS) is 11.8. The van der Waals surface area contributed by atoms with E-state index in [9.17, 15) is 13.2 Å². The van der Waals surface area contributed by atoms with Crippen LogP contribution in [0.4, 0.5) is 0 Å². The second-order valence-electron chi connectivity index (χ2n) is 6.51. The number of carboxylic acids is 1. The first kappa shape index (κ1) is 29.2. The van der Waals surface area contributed by atoms with Gasteiger partial charge in [-0.3, -0.25) is 4.79 Å². The maximum Gasteiger partial charge on any atom is 0.303 e. The van der Waals surface area contributed by atoms with Gasteiger partial charge in [-0.05, 0) is 12.8 Å². The summed E-state index contributed by atoms with van der Waals surface area (Å²) in [7, 11) is -2.98. The minimum atomic E-state index is -2.98. The SMILES string of the molecule is CS(=O)(=O)CCOCCOCCOCCOCCOCCOCCCCCC(=O)O. The lowest BCUT2D eigenvalue weighted by atomic mass is 10.2. The summed E-state index contributed by atoms with van der Waals surface area (Å²) in [4.78, 5) is 10.3. The van der Waals surface area contributed by atoms with Gasteiger partial charge in [-0.1, -0.05) is 6.42 Å². The molecule has 0 atom stereocenters. The molecule has 0 heterocycles. The van der Waals surface area contributed by atoms with E-state index in [0.717, 1.165) is 12.8 Å². The fourth-order valence-corrected chi connectivity index (χ4v) is 2.49. The quantitative estimate of drug-likeness (QED) is 0.207. The van der Waals surface area contributed by atoms with E-state index in [4.69, 9.17) is 33.5 Å². The van der Waals surface area contributed by atoms with Gasteiger partial charge in [0.25, 0.3) is 0 Å². The lowest BCUT2D eigenvalue weighted by Gasteiger charge is -2.08. The fourth-order valence-electron chi connectivity index (χ4n) is 2.07. The molecule has 0 aliphatic rings. The van der Waals surface area contributed by atoms with E-state index in [0.29, 0.717) is 79.1 Å². The van der Waals surface area contributed by atoms with E-state index in [1.54, 1.807) is 0 Å². The number of carboxylic acid groups (broad SMARTS) is 1. The van der Waals surface area contributed by atoms with Crippen molar-refractivity contribution in [1.29, 1.82) is 0 Å². The van der Waals surface area contributed by atoms with Gasteiger partial charge in [0.1, 0.15) is 9.84 Å². The third-order valence-corrected chi connectivity index (χ3v) is 4.55. The lowest BCUT2D eigenvalue weighted by molar-refractivity contribution is -0.137. The molecule has 1 N–H and O–H groups in total. The van der Waals surface area contributed by atoms with Crippen molar-refractivity contribution in [3.05, 3.63) is 0 Å². The molecule has 0 bridgehead atoms. The minimum Gasteiger partial charge on any atom is -0.481 e. The summed E-state index contributed by atoms with van der Waals surface area (Å²) >= 11 is 0. The molecule has 0 rings (SSSR count). The Morgan fingerprint density at radius 1 is 0.600 bits per heavy atom. The van der Waals surface area contributed by atoms with Gasteiger partial charge < -0.3 is 33.5 Å². The third kappa shape index (κ3) is 27.2. The van der Waals surface area contributed by atoms with Crippen LogP contribution in [0.1, 0.15) is 25.7 Å². The summed E-state index contributed by atoms with van der Waals surface area (Å²) in [5.74, 6) is -0.734. The number of unbranched alkanes of at least 4 members (excludes halogenated alkanes) is 2. The van der Waals surface area contributed by atoms with Gasteiger partial charge in [0.2, 0.25) is 0 Å². The molecule has 0 fully saturated rings. The monoisotopic (exact) mass is 458 g/mol. The van der Waals surface area contributed by atoms with Crippen molar-refractivity contribution < 1.29 is 46.7 Å². The zero-order chi connectivity index (χ0) is 22.3. The molecule has 30 heavy (non-hydrogen) atoms. The third-order valence-electron chi connectivity index (χ3n) is 3.64. The highest BCUT2D eigenvalue weighted by atomic mass is 32.2. The number of carbonyl (C=O) groups is 1. The average molecular weight is 459 g/mol. The predicted molar refractivity (Wildman–Crippen MR) is 111 cm³/mol. The van der Waals surface area contributed by atoms with Crippen LogP contribution < -0.4 is 0 Å². The van der Waals surface area contributed by atoms with Gasteiger partial charge in [-0.15, -0.1) is 0 Å². The van der Waals surface area contributed by atoms with Crippen LogP contribution in [-0.4, -0.2) is 111 Å². The van der Waals surface area contributed by atoms with E-state index in [2.05, 4.69) is 0 Å². The second-order valence-corrected chi connectivity index (χ2v) is 8.77. The molecule has 0 unspecified atom stereocenters. The molecule has 0 aromatic carbocycles. The largest absolute Gasteiger partial charge is 0.481 e. The second kappa shape index (κ2) is 21.4. The maximum atomic E-state index is 10.9. The van der Waals surface area contributed by atoms with Crippen molar-refractivity contribution in [2.24, 2.45) is 0 Å². The molecule has 0 amide bonds. The molecule has 10 nitrogen and oxygen atoms in total. The van der Waals surface area contributed by atoms with Crippen molar-refractivity contribution in [2.75, 3.05) is 91.3 Å². The van der Waals surface area contributed by atoms with Crippen LogP contribution in [0, 0.1) is 0 Å². The zero-order valence-corrected chi connectivity index (χ0v) is 18.9. The fraction of sp³-hybridized carbons (Fsp3) is 0.947. The smallest absolute Gasteiger partial charge is 0.303 e. The highest BCUT2D eigenvalue weighted by Gasteiger charge is 2.01. The minimum absolute atomic E-state index is 0.0203. The standard InChI is InChI=1S/C19H38O10S/c1-30(22,23)18-17-29-16-15-28-14-13-27-12-11-26-10-9-25-8-7-24-6-4-2-3-5-19(20)21/h2-18H2,1H3,(H,20,21). The van der Waals surface area contributed by atoms with E-state index < -0.39 is 15.8 Å². The highest BCUT2D eigenvalue weighted by molar-refractivity contribution is 7.90. The summed E-state index contributed by atoms with van der Waals surface area (Å²) in [6, 6.07) is 0. The average Bonchev–Trinajstić information content (AvgIpc) is 2.67. The van der Waals surface area contributed by atoms with Crippen molar-refractivity contribution in [2.45, 2.75) is 25.7 Å². The molecule has 11 heteroatoms. The number of ether oxygens (including phenoxy) is 6. The summed E-state index contributed by atoms with van der Waals surface area (Å²) in [5.41, 5.74) is 0. The Bertz CT molecular complexity index is 484. The van der Waals surface area contributed by atoms with Gasteiger partial charge in [-0.25, -0.2) is 8.42 Å². The Labute approximate surface area is 180 Å². The molecule has 0 aromatic heterocycles. The van der Waals surface area contributed by atoms with Crippen LogP contribution in [0.5, 0.6) is 0 Å². The first-order valence-electron chi connectivity index (χ1n) is 10.3. The summed E-state index contributed by atoms with van der Waals surface area (Å²) in [6.45, 7) is 5.41. The van der Waals surface area contributed by atoms with Crippen molar-refractivity contribution >= 4 is 15.8 Å². The van der Waals surface area contributed by atoms with Gasteiger partial charge in [0, 0.05) is 19.3 Å². The molecule has 0 aliphatic carbocycles.